The Kier molecular flexibility index (Phi) is 6.55. The number of hydrogen-bond acceptors (Lipinski definition) is 3. The van der Waals surface area contributed by atoms with E-state index in [1.807, 2.05) is 0 Å². The lowest BCUT2D eigenvalue weighted by molar-refractivity contribution is -0.152. The number of benzene rings is 1. The fourth-order valence-electron chi connectivity index (χ4n) is 1.58. The summed E-state index contributed by atoms with van der Waals surface area (Å²) in [6.45, 7) is 3.11. The van der Waals surface area contributed by atoms with Gasteiger partial charge in [-0.3, -0.25) is 4.79 Å². The van der Waals surface area contributed by atoms with Crippen molar-refractivity contribution >= 4 is 41.6 Å². The first-order valence-corrected chi connectivity index (χ1v) is 5.96. The van der Waals surface area contributed by atoms with Crippen LogP contribution in [0.15, 0.2) is 12.1 Å². The molecular formula is C12H15Cl3FNO2. The molecule has 7 heteroatoms. The molecule has 0 aliphatic carbocycles. The third-order valence-corrected chi connectivity index (χ3v) is 3.50. The van der Waals surface area contributed by atoms with E-state index in [4.69, 9.17) is 28.9 Å². The smallest absolute Gasteiger partial charge is 0.313 e. The van der Waals surface area contributed by atoms with Gasteiger partial charge in [-0.1, -0.05) is 23.2 Å². The zero-order valence-corrected chi connectivity index (χ0v) is 13.0. The number of carbonyl (C=O) groups excluding carboxylic acids is 1. The van der Waals surface area contributed by atoms with Gasteiger partial charge in [-0.25, -0.2) is 4.39 Å². The summed E-state index contributed by atoms with van der Waals surface area (Å²) in [6, 6.07) is 1.81. The average molecular weight is 331 g/mol. The molecule has 0 amide bonds. The highest BCUT2D eigenvalue weighted by atomic mass is 35.5. The molecule has 0 unspecified atom stereocenters. The van der Waals surface area contributed by atoms with E-state index >= 15 is 0 Å². The molecule has 0 aliphatic heterocycles. The van der Waals surface area contributed by atoms with Gasteiger partial charge in [0, 0.05) is 16.6 Å². The summed E-state index contributed by atoms with van der Waals surface area (Å²) in [7, 11) is 1.24. The highest BCUT2D eigenvalue weighted by molar-refractivity contribution is 6.33. The van der Waals surface area contributed by atoms with Crippen LogP contribution < -0.4 is 5.73 Å². The van der Waals surface area contributed by atoms with Gasteiger partial charge in [0.1, 0.15) is 5.82 Å². The van der Waals surface area contributed by atoms with Crippen LogP contribution in [-0.2, 0) is 9.53 Å². The number of rotatable bonds is 3. The first kappa shape index (κ1) is 18.4. The Labute approximate surface area is 127 Å². The molecular weight excluding hydrogens is 315 g/mol. The van der Waals surface area contributed by atoms with Crippen LogP contribution in [0.2, 0.25) is 10.0 Å². The predicted molar refractivity (Wildman–Crippen MR) is 76.4 cm³/mol. The summed E-state index contributed by atoms with van der Waals surface area (Å²) in [5.41, 5.74) is 4.83. The molecule has 19 heavy (non-hydrogen) atoms. The zero-order valence-electron chi connectivity index (χ0n) is 10.7. The minimum absolute atomic E-state index is 0. The molecule has 0 bridgehead atoms. The van der Waals surface area contributed by atoms with E-state index in [1.165, 1.54) is 19.2 Å². The van der Waals surface area contributed by atoms with Crippen molar-refractivity contribution in [3.8, 4) is 0 Å². The van der Waals surface area contributed by atoms with Crippen molar-refractivity contribution in [2.75, 3.05) is 7.11 Å². The van der Waals surface area contributed by atoms with Crippen LogP contribution in [0, 0.1) is 11.2 Å². The lowest BCUT2D eigenvalue weighted by atomic mass is 9.81. The van der Waals surface area contributed by atoms with E-state index in [0.29, 0.717) is 0 Å². The van der Waals surface area contributed by atoms with Crippen molar-refractivity contribution in [2.45, 2.75) is 19.9 Å². The summed E-state index contributed by atoms with van der Waals surface area (Å²) in [5, 5.41) is 0.0342. The summed E-state index contributed by atoms with van der Waals surface area (Å²) in [4.78, 5) is 11.7. The topological polar surface area (TPSA) is 52.3 Å². The molecule has 0 aliphatic rings. The summed E-state index contributed by atoms with van der Waals surface area (Å²) < 4.78 is 18.6. The van der Waals surface area contributed by atoms with Crippen LogP contribution in [0.1, 0.15) is 25.5 Å². The molecule has 2 N–H and O–H groups in total. The molecule has 1 aromatic carbocycles. The molecule has 1 atom stereocenters. The summed E-state index contributed by atoms with van der Waals surface area (Å²) >= 11 is 11.6. The maximum absolute atomic E-state index is 14.0. The minimum atomic E-state index is -1.12. The Hall–Kier alpha value is -0.550. The van der Waals surface area contributed by atoms with Crippen LogP contribution in [0.5, 0.6) is 0 Å². The fourth-order valence-corrected chi connectivity index (χ4v) is 2.01. The molecule has 3 nitrogen and oxygen atoms in total. The van der Waals surface area contributed by atoms with E-state index in [1.54, 1.807) is 13.8 Å². The molecule has 0 saturated carbocycles. The minimum Gasteiger partial charge on any atom is -0.469 e. The highest BCUT2D eigenvalue weighted by Gasteiger charge is 2.39. The first-order chi connectivity index (χ1) is 8.23. The molecule has 1 aromatic rings. The Morgan fingerprint density at radius 3 is 2.32 bits per heavy atom. The Balaban J connectivity index is 0.00000324. The maximum atomic E-state index is 14.0. The largest absolute Gasteiger partial charge is 0.469 e. The van der Waals surface area contributed by atoms with Gasteiger partial charge in [-0.2, -0.15) is 0 Å². The number of nitrogens with two attached hydrogens (primary N) is 1. The normalized spacial score (nSPS) is 12.6. The van der Waals surface area contributed by atoms with E-state index in [-0.39, 0.29) is 28.0 Å². The van der Waals surface area contributed by atoms with Gasteiger partial charge in [0.15, 0.2) is 0 Å². The molecule has 0 fully saturated rings. The van der Waals surface area contributed by atoms with Crippen molar-refractivity contribution in [1.82, 2.24) is 0 Å². The summed E-state index contributed by atoms with van der Waals surface area (Å²) in [5.74, 6) is -1.26. The van der Waals surface area contributed by atoms with Crippen molar-refractivity contribution in [3.63, 3.8) is 0 Å². The first-order valence-electron chi connectivity index (χ1n) is 5.20. The van der Waals surface area contributed by atoms with E-state index in [0.717, 1.165) is 0 Å². The van der Waals surface area contributed by atoms with Crippen LogP contribution in [0.3, 0.4) is 0 Å². The van der Waals surface area contributed by atoms with Crippen LogP contribution in [0.25, 0.3) is 0 Å². The van der Waals surface area contributed by atoms with Crippen molar-refractivity contribution < 1.29 is 13.9 Å². The third-order valence-electron chi connectivity index (χ3n) is 2.88. The second-order valence-electron chi connectivity index (χ2n) is 4.45. The van der Waals surface area contributed by atoms with Gasteiger partial charge in [-0.05, 0) is 26.0 Å². The van der Waals surface area contributed by atoms with Crippen LogP contribution in [0.4, 0.5) is 4.39 Å². The van der Waals surface area contributed by atoms with Gasteiger partial charge < -0.3 is 10.5 Å². The molecule has 0 spiro atoms. The Morgan fingerprint density at radius 2 is 1.84 bits per heavy atom. The van der Waals surface area contributed by atoms with Crippen molar-refractivity contribution in [2.24, 2.45) is 11.1 Å². The summed E-state index contributed by atoms with van der Waals surface area (Å²) in [6.07, 6.45) is 0. The van der Waals surface area contributed by atoms with Crippen molar-refractivity contribution in [3.05, 3.63) is 33.6 Å². The maximum Gasteiger partial charge on any atom is 0.313 e. The predicted octanol–water partition coefficient (Wildman–Crippen LogP) is 3.75. The van der Waals surface area contributed by atoms with Gasteiger partial charge in [0.05, 0.1) is 17.5 Å². The highest BCUT2D eigenvalue weighted by Crippen LogP contribution is 2.39. The van der Waals surface area contributed by atoms with E-state index in [2.05, 4.69) is 4.74 Å². The Bertz CT molecular complexity index is 480. The van der Waals surface area contributed by atoms with Crippen LogP contribution >= 0.6 is 35.6 Å². The standard InChI is InChI=1S/C12H14Cl2FNO2.ClH/c1-12(2,11(17)18-3)10(16)8-6(13)4-5-7(14)9(8)15;/h4-5,10H,16H2,1-3H3;1H/t10-;/m0./s1. The molecule has 0 heterocycles. The molecule has 0 saturated heterocycles. The lowest BCUT2D eigenvalue weighted by Crippen LogP contribution is -2.38. The molecule has 0 aromatic heterocycles. The molecule has 108 valence electrons. The van der Waals surface area contributed by atoms with E-state index in [9.17, 15) is 9.18 Å². The van der Waals surface area contributed by atoms with Crippen molar-refractivity contribution in [1.29, 1.82) is 0 Å². The number of hydrogen-bond donors (Lipinski definition) is 1. The second-order valence-corrected chi connectivity index (χ2v) is 5.26. The number of methoxy groups -OCH3 is 1. The number of carbonyl (C=O) groups is 1. The number of halogens is 4. The van der Waals surface area contributed by atoms with Gasteiger partial charge in [-0.15, -0.1) is 12.4 Å². The number of esters is 1. The second kappa shape index (κ2) is 6.75. The quantitative estimate of drug-likeness (QED) is 0.678. The fraction of sp³-hybridized carbons (Fsp3) is 0.417. The molecule has 1 rings (SSSR count). The average Bonchev–Trinajstić information content (AvgIpc) is 2.33. The Morgan fingerprint density at radius 1 is 1.37 bits per heavy atom. The van der Waals surface area contributed by atoms with Crippen LogP contribution in [-0.4, -0.2) is 13.1 Å². The van der Waals surface area contributed by atoms with E-state index < -0.39 is 23.2 Å². The number of ether oxygens (including phenoxy) is 1. The molecule has 0 radical (unpaired) electrons. The van der Waals surface area contributed by atoms with Gasteiger partial charge in [0.25, 0.3) is 0 Å². The van der Waals surface area contributed by atoms with Gasteiger partial charge in [0.2, 0.25) is 0 Å². The monoisotopic (exact) mass is 329 g/mol. The SMILES string of the molecule is COC(=O)C(C)(C)[C@@H](N)c1c(Cl)ccc(Cl)c1F.Cl. The zero-order chi connectivity index (χ0) is 14.1. The lowest BCUT2D eigenvalue weighted by Gasteiger charge is -2.29. The van der Waals surface area contributed by atoms with Gasteiger partial charge >= 0.3 is 5.97 Å². The third kappa shape index (κ3) is 3.51.